The van der Waals surface area contributed by atoms with Crippen molar-refractivity contribution in [1.82, 2.24) is 0 Å². The molecule has 0 saturated carbocycles. The van der Waals surface area contributed by atoms with Gasteiger partial charge in [0.15, 0.2) is 0 Å². The summed E-state index contributed by atoms with van der Waals surface area (Å²) < 4.78 is 34.7. The number of hydrogen-bond acceptors (Lipinski definition) is 7. The smallest absolute Gasteiger partial charge is 0.306 e. The second-order valence-electron chi connectivity index (χ2n) is 17.4. The maximum Gasteiger partial charge on any atom is 0.306 e. The van der Waals surface area contributed by atoms with Gasteiger partial charge in [0.2, 0.25) is 0 Å². The summed E-state index contributed by atoms with van der Waals surface area (Å²) in [6.07, 6.45) is 57.8. The molecule has 0 bridgehead atoms. The lowest BCUT2D eigenvalue weighted by Gasteiger charge is -2.28. The minimum absolute atomic E-state index is 0.0208. The summed E-state index contributed by atoms with van der Waals surface area (Å²) in [6.45, 7) is 5.26. The van der Waals surface area contributed by atoms with Crippen LogP contribution in [0, 0.1) is 0 Å². The van der Waals surface area contributed by atoms with E-state index >= 15 is 0 Å². The van der Waals surface area contributed by atoms with Gasteiger partial charge in [-0.05, 0) is 83.5 Å². The topological polar surface area (TPSA) is 94.1 Å². The fourth-order valence-electron chi connectivity index (χ4n) is 6.45. The summed E-state index contributed by atoms with van der Waals surface area (Å²) in [5.41, 5.74) is 0. The van der Waals surface area contributed by atoms with E-state index in [2.05, 4.69) is 86.8 Å². The van der Waals surface area contributed by atoms with E-state index in [4.69, 9.17) is 18.5 Å². The lowest BCUT2D eigenvalue weighted by molar-refractivity contribution is -0.870. The van der Waals surface area contributed by atoms with Crippen molar-refractivity contribution in [2.24, 2.45) is 0 Å². The molecule has 0 rings (SSSR count). The minimum Gasteiger partial charge on any atom is -0.756 e. The highest BCUT2D eigenvalue weighted by molar-refractivity contribution is 7.45. The predicted octanol–water partition coefficient (Wildman–Crippen LogP) is 14.4. The number of phosphoric acid groups is 1. The summed E-state index contributed by atoms with van der Waals surface area (Å²) in [5, 5.41) is 0. The average Bonchev–Trinajstić information content (AvgIpc) is 3.22. The third-order valence-electron chi connectivity index (χ3n) is 10.2. The van der Waals surface area contributed by atoms with Crippen molar-refractivity contribution in [1.29, 1.82) is 0 Å². The van der Waals surface area contributed by atoms with Crippen LogP contribution in [0.1, 0.15) is 194 Å². The number of hydrogen-bond donors (Lipinski definition) is 0. The summed E-state index contributed by atoms with van der Waals surface area (Å²) in [5.74, 6) is -0.347. The monoisotopic (exact) mass is 876 g/mol. The van der Waals surface area contributed by atoms with E-state index in [0.29, 0.717) is 24.1 Å². The van der Waals surface area contributed by atoms with Crippen LogP contribution >= 0.6 is 7.82 Å². The maximum atomic E-state index is 12.7. The highest BCUT2D eigenvalue weighted by atomic mass is 31.2. The zero-order chi connectivity index (χ0) is 44.8. The van der Waals surface area contributed by atoms with Crippen molar-refractivity contribution in [2.45, 2.75) is 200 Å². The van der Waals surface area contributed by atoms with Crippen molar-refractivity contribution in [3.8, 4) is 0 Å². The Morgan fingerprint density at radius 1 is 0.525 bits per heavy atom. The number of quaternary nitrogens is 1. The number of nitrogens with zero attached hydrogens (tertiary/aromatic N) is 1. The van der Waals surface area contributed by atoms with Gasteiger partial charge in [0.1, 0.15) is 19.3 Å². The van der Waals surface area contributed by atoms with Gasteiger partial charge in [-0.25, -0.2) is 0 Å². The van der Waals surface area contributed by atoms with Crippen molar-refractivity contribution in [2.75, 3.05) is 54.1 Å². The fraction of sp³-hybridized carbons (Fsp3) is 0.750. The van der Waals surface area contributed by atoms with E-state index in [1.54, 1.807) is 0 Å². The Bertz CT molecular complexity index is 1200. The molecule has 0 aromatic carbocycles. The van der Waals surface area contributed by atoms with Crippen molar-refractivity contribution in [3.05, 3.63) is 72.9 Å². The molecule has 0 amide bonds. The summed E-state index contributed by atoms with van der Waals surface area (Å²) in [6, 6.07) is 0. The molecule has 0 aromatic heterocycles. The van der Waals surface area contributed by atoms with Crippen LogP contribution < -0.4 is 4.89 Å². The van der Waals surface area contributed by atoms with Crippen LogP contribution in [0.15, 0.2) is 72.9 Å². The standard InChI is InChI=1S/C52H94NO7P/c1-6-8-10-12-14-16-18-20-21-22-23-24-25-26-27-28-29-30-31-32-34-36-38-40-42-44-47-57-49-51(50-59-61(55,56)58-48-46-53(3,4)5)60-52(54)45-43-41-39-37-35-33-19-17-15-13-11-9-7-2/h8,10,14,16-17,19-21,23-24,26-27,51H,6-7,9,11-13,15,18,22,25,28-50H2,1-5H3/b10-8-,16-14-,19-17-,21-20-,24-23-,27-26-. The number of allylic oxidation sites excluding steroid dienone is 12. The molecule has 0 saturated heterocycles. The molecule has 0 heterocycles. The van der Waals surface area contributed by atoms with Crippen LogP contribution in [0.3, 0.4) is 0 Å². The number of rotatable bonds is 45. The molecule has 0 N–H and O–H groups in total. The van der Waals surface area contributed by atoms with Crippen molar-refractivity contribution in [3.63, 3.8) is 0 Å². The van der Waals surface area contributed by atoms with E-state index in [-0.39, 0.29) is 25.8 Å². The number of likely N-dealkylation sites (N-methyl/N-ethyl adjacent to an activating group) is 1. The first-order chi connectivity index (χ1) is 29.6. The fourth-order valence-corrected chi connectivity index (χ4v) is 7.18. The van der Waals surface area contributed by atoms with Crippen LogP contribution in [-0.4, -0.2) is 70.7 Å². The van der Waals surface area contributed by atoms with Crippen LogP contribution in [0.5, 0.6) is 0 Å². The first-order valence-corrected chi connectivity index (χ1v) is 26.1. The van der Waals surface area contributed by atoms with Gasteiger partial charge in [0.05, 0.1) is 34.4 Å². The molecule has 0 aliphatic rings. The van der Waals surface area contributed by atoms with Gasteiger partial charge in [0.25, 0.3) is 7.82 Å². The zero-order valence-corrected chi connectivity index (χ0v) is 41.0. The maximum absolute atomic E-state index is 12.7. The van der Waals surface area contributed by atoms with Crippen molar-refractivity contribution >= 4 is 13.8 Å². The number of esters is 1. The van der Waals surface area contributed by atoms with Crippen LogP contribution in [0.2, 0.25) is 0 Å². The Hall–Kier alpha value is -2.06. The molecule has 8 nitrogen and oxygen atoms in total. The lowest BCUT2D eigenvalue weighted by Crippen LogP contribution is -2.37. The van der Waals surface area contributed by atoms with Crippen molar-refractivity contribution < 1.29 is 37.3 Å². The first-order valence-electron chi connectivity index (χ1n) is 24.7. The normalized spacial score (nSPS) is 14.3. The molecular formula is C52H94NO7P. The van der Waals surface area contributed by atoms with Gasteiger partial charge in [-0.2, -0.15) is 0 Å². The lowest BCUT2D eigenvalue weighted by atomic mass is 10.1. The average molecular weight is 876 g/mol. The second-order valence-corrected chi connectivity index (χ2v) is 18.8. The van der Waals surface area contributed by atoms with E-state index in [0.717, 1.165) is 77.0 Å². The second kappa shape index (κ2) is 44.5. The zero-order valence-electron chi connectivity index (χ0n) is 40.1. The Morgan fingerprint density at radius 3 is 1.44 bits per heavy atom. The predicted molar refractivity (Wildman–Crippen MR) is 259 cm³/mol. The van der Waals surface area contributed by atoms with Gasteiger partial charge in [-0.15, -0.1) is 0 Å². The number of phosphoric ester groups is 1. The molecular weight excluding hydrogens is 782 g/mol. The van der Waals surface area contributed by atoms with Gasteiger partial charge < -0.3 is 27.9 Å². The molecule has 0 radical (unpaired) electrons. The van der Waals surface area contributed by atoms with Crippen LogP contribution in [0.25, 0.3) is 0 Å². The van der Waals surface area contributed by atoms with E-state index < -0.39 is 13.9 Å². The molecule has 61 heavy (non-hydrogen) atoms. The number of unbranched alkanes of at least 4 members (excludes halogenated alkanes) is 19. The van der Waals surface area contributed by atoms with Crippen LogP contribution in [0.4, 0.5) is 0 Å². The Morgan fingerprint density at radius 2 is 0.951 bits per heavy atom. The Labute approximate surface area is 376 Å². The first kappa shape index (κ1) is 58.9. The molecule has 0 aliphatic heterocycles. The molecule has 9 heteroatoms. The third kappa shape index (κ3) is 48.8. The largest absolute Gasteiger partial charge is 0.756 e. The third-order valence-corrected chi connectivity index (χ3v) is 11.2. The van der Waals surface area contributed by atoms with Gasteiger partial charge >= 0.3 is 5.97 Å². The highest BCUT2D eigenvalue weighted by Crippen LogP contribution is 2.38. The summed E-state index contributed by atoms with van der Waals surface area (Å²) in [7, 11) is 1.34. The molecule has 0 spiro atoms. The quantitative estimate of drug-likeness (QED) is 0.0198. The molecule has 2 unspecified atom stereocenters. The van der Waals surface area contributed by atoms with Gasteiger partial charge in [0, 0.05) is 13.0 Å². The minimum atomic E-state index is -4.53. The molecule has 0 fully saturated rings. The number of ether oxygens (including phenoxy) is 2. The number of carbonyl (C=O) groups excluding carboxylic acids is 1. The van der Waals surface area contributed by atoms with E-state index in [1.165, 1.54) is 96.3 Å². The Balaban J connectivity index is 4.12. The summed E-state index contributed by atoms with van der Waals surface area (Å²) >= 11 is 0. The molecule has 2 atom stereocenters. The molecule has 0 aromatic rings. The summed E-state index contributed by atoms with van der Waals surface area (Å²) in [4.78, 5) is 25.1. The SMILES string of the molecule is CC/C=C\C/C=C\C/C=C\C/C=C\C/C=C\CCCCCCCCCCCCOCC(COP(=O)([O-])OCC[N+](C)(C)C)OC(=O)CCCCCCC/C=C\CCCCCC. The van der Waals surface area contributed by atoms with Gasteiger partial charge in [-0.3, -0.25) is 9.36 Å². The molecule has 0 aliphatic carbocycles. The van der Waals surface area contributed by atoms with E-state index in [9.17, 15) is 14.3 Å². The number of carbonyl (C=O) groups is 1. The van der Waals surface area contributed by atoms with E-state index in [1.807, 2.05) is 21.1 Å². The Kier molecular flexibility index (Phi) is 43.0. The molecule has 354 valence electrons. The van der Waals surface area contributed by atoms with Crippen LogP contribution in [-0.2, 0) is 27.9 Å². The highest BCUT2D eigenvalue weighted by Gasteiger charge is 2.20. The van der Waals surface area contributed by atoms with Gasteiger partial charge in [-0.1, -0.05) is 177 Å².